The van der Waals surface area contributed by atoms with Gasteiger partial charge in [0.25, 0.3) is 0 Å². The van der Waals surface area contributed by atoms with Crippen molar-refractivity contribution in [2.75, 3.05) is 12.8 Å². The summed E-state index contributed by atoms with van der Waals surface area (Å²) in [6, 6.07) is 5.45. The first-order chi connectivity index (χ1) is 8.69. The monoisotopic (exact) mass is 279 g/mol. The van der Waals surface area contributed by atoms with E-state index in [9.17, 15) is 0 Å². The van der Waals surface area contributed by atoms with Crippen LogP contribution in [0.2, 0.25) is 5.02 Å². The Hall–Kier alpha value is -1.72. The van der Waals surface area contributed by atoms with E-state index < -0.39 is 0 Å². The molecule has 2 aromatic heterocycles. The topological polar surface area (TPSA) is 52.5 Å². The van der Waals surface area contributed by atoms with Crippen molar-refractivity contribution in [2.24, 2.45) is 0 Å². The van der Waals surface area contributed by atoms with Crippen molar-refractivity contribution >= 4 is 33.7 Å². The fourth-order valence-corrected chi connectivity index (χ4v) is 2.75. The highest BCUT2D eigenvalue weighted by Gasteiger charge is 2.12. The lowest BCUT2D eigenvalue weighted by atomic mass is 10.1. The number of thiazole rings is 1. The number of hydrogen-bond acceptors (Lipinski definition) is 4. The summed E-state index contributed by atoms with van der Waals surface area (Å²) in [5, 5.41) is 2.51. The number of halogens is 1. The summed E-state index contributed by atoms with van der Waals surface area (Å²) in [5.74, 6) is 1.42. The molecule has 18 heavy (non-hydrogen) atoms. The van der Waals surface area contributed by atoms with Crippen LogP contribution in [0.4, 0.5) is 5.82 Å². The van der Waals surface area contributed by atoms with Crippen molar-refractivity contribution in [3.8, 4) is 17.0 Å². The van der Waals surface area contributed by atoms with Gasteiger partial charge in [-0.25, -0.2) is 4.98 Å². The number of anilines is 1. The highest BCUT2D eigenvalue weighted by atomic mass is 35.5. The van der Waals surface area contributed by atoms with E-state index in [0.717, 1.165) is 22.0 Å². The number of aromatic nitrogens is 2. The van der Waals surface area contributed by atoms with Gasteiger partial charge in [0.2, 0.25) is 0 Å². The minimum absolute atomic E-state index is 0.648. The van der Waals surface area contributed by atoms with Gasteiger partial charge in [-0.1, -0.05) is 11.6 Å². The number of fused-ring (bicyclic) bond motifs is 1. The predicted molar refractivity (Wildman–Crippen MR) is 74.5 cm³/mol. The number of hydrogen-bond donors (Lipinski definition) is 1. The molecule has 0 amide bonds. The van der Waals surface area contributed by atoms with Crippen LogP contribution in [0.25, 0.3) is 16.2 Å². The Morgan fingerprint density at radius 3 is 3.00 bits per heavy atom. The molecule has 1 aromatic carbocycles. The average Bonchev–Trinajstić information content (AvgIpc) is 2.92. The summed E-state index contributed by atoms with van der Waals surface area (Å²) in [5.41, 5.74) is 7.50. The Labute approximate surface area is 113 Å². The summed E-state index contributed by atoms with van der Waals surface area (Å²) in [6.45, 7) is 0. The fraction of sp³-hybridized carbons (Fsp3) is 0.0833. The number of nitrogens with zero attached hydrogens (tertiary/aromatic N) is 2. The minimum Gasteiger partial charge on any atom is -0.496 e. The van der Waals surface area contributed by atoms with Crippen molar-refractivity contribution in [2.45, 2.75) is 0 Å². The second kappa shape index (κ2) is 4.19. The third-order valence-corrected chi connectivity index (χ3v) is 3.77. The number of nitrogen functional groups attached to an aromatic ring is 1. The van der Waals surface area contributed by atoms with Crippen molar-refractivity contribution < 1.29 is 4.74 Å². The molecular formula is C12H10ClN3OS. The second-order valence-corrected chi connectivity index (χ2v) is 5.06. The Kier molecular flexibility index (Phi) is 2.65. The molecular weight excluding hydrogens is 270 g/mol. The summed E-state index contributed by atoms with van der Waals surface area (Å²) in [6.07, 6.45) is 1.88. The van der Waals surface area contributed by atoms with E-state index in [1.807, 2.05) is 28.1 Å². The summed E-state index contributed by atoms with van der Waals surface area (Å²) in [4.78, 5) is 5.37. The average molecular weight is 280 g/mol. The van der Waals surface area contributed by atoms with Gasteiger partial charge in [-0.15, -0.1) is 11.3 Å². The molecule has 3 rings (SSSR count). The van der Waals surface area contributed by atoms with Crippen LogP contribution in [0, 0.1) is 0 Å². The van der Waals surface area contributed by atoms with Gasteiger partial charge in [-0.3, -0.25) is 4.40 Å². The zero-order valence-corrected chi connectivity index (χ0v) is 11.1. The molecule has 0 aliphatic heterocycles. The molecule has 0 aliphatic rings. The lowest BCUT2D eigenvalue weighted by Crippen LogP contribution is -1.89. The minimum atomic E-state index is 0.648. The van der Waals surface area contributed by atoms with Gasteiger partial charge in [0.05, 0.1) is 12.8 Å². The molecule has 0 spiro atoms. The predicted octanol–water partition coefficient (Wildman–Crippen LogP) is 3.31. The molecule has 0 saturated heterocycles. The molecule has 6 heteroatoms. The molecule has 0 unspecified atom stereocenters. The molecule has 2 N–H and O–H groups in total. The Morgan fingerprint density at radius 1 is 1.44 bits per heavy atom. The van der Waals surface area contributed by atoms with Gasteiger partial charge >= 0.3 is 0 Å². The van der Waals surface area contributed by atoms with Gasteiger partial charge in [0.1, 0.15) is 11.6 Å². The number of ether oxygens (including phenoxy) is 1. The summed E-state index contributed by atoms with van der Waals surface area (Å²) < 4.78 is 7.17. The van der Waals surface area contributed by atoms with E-state index in [1.54, 1.807) is 13.2 Å². The number of rotatable bonds is 2. The van der Waals surface area contributed by atoms with Crippen molar-refractivity contribution in [3.63, 3.8) is 0 Å². The van der Waals surface area contributed by atoms with Gasteiger partial charge in [0.15, 0.2) is 4.96 Å². The molecule has 4 nitrogen and oxygen atoms in total. The Balaban J connectivity index is 2.21. The maximum atomic E-state index is 6.02. The number of benzene rings is 1. The maximum Gasteiger partial charge on any atom is 0.195 e. The number of imidazole rings is 1. The fourth-order valence-electron chi connectivity index (χ4n) is 1.81. The molecule has 0 aliphatic carbocycles. The van der Waals surface area contributed by atoms with Crippen LogP contribution in [0.1, 0.15) is 0 Å². The van der Waals surface area contributed by atoms with Crippen molar-refractivity contribution in [1.29, 1.82) is 0 Å². The van der Waals surface area contributed by atoms with E-state index in [4.69, 9.17) is 22.1 Å². The molecule has 0 atom stereocenters. The van der Waals surface area contributed by atoms with Gasteiger partial charge in [-0.05, 0) is 18.2 Å². The van der Waals surface area contributed by atoms with E-state index in [1.165, 1.54) is 11.3 Å². The van der Waals surface area contributed by atoms with Crippen LogP contribution in [0.5, 0.6) is 5.75 Å². The summed E-state index contributed by atoms with van der Waals surface area (Å²) >= 11 is 7.52. The molecule has 0 radical (unpaired) electrons. The highest BCUT2D eigenvalue weighted by molar-refractivity contribution is 7.15. The first-order valence-electron chi connectivity index (χ1n) is 5.25. The van der Waals surface area contributed by atoms with E-state index in [-0.39, 0.29) is 0 Å². The van der Waals surface area contributed by atoms with E-state index in [2.05, 4.69) is 4.98 Å². The van der Waals surface area contributed by atoms with Crippen molar-refractivity contribution in [3.05, 3.63) is 34.8 Å². The first kappa shape index (κ1) is 11.4. The zero-order valence-electron chi connectivity index (χ0n) is 9.55. The third kappa shape index (κ3) is 1.72. The van der Waals surface area contributed by atoms with Crippen LogP contribution in [-0.2, 0) is 0 Å². The van der Waals surface area contributed by atoms with E-state index >= 15 is 0 Å². The van der Waals surface area contributed by atoms with Crippen LogP contribution in [0.15, 0.2) is 29.8 Å². The molecule has 0 saturated carbocycles. The number of methoxy groups -OCH3 is 1. The third-order valence-electron chi connectivity index (χ3n) is 2.67. The first-order valence-corrected chi connectivity index (χ1v) is 6.51. The van der Waals surface area contributed by atoms with Crippen LogP contribution in [-0.4, -0.2) is 16.5 Å². The van der Waals surface area contributed by atoms with E-state index in [0.29, 0.717) is 10.8 Å². The largest absolute Gasteiger partial charge is 0.496 e. The highest BCUT2D eigenvalue weighted by Crippen LogP contribution is 2.33. The smallest absolute Gasteiger partial charge is 0.195 e. The van der Waals surface area contributed by atoms with Crippen molar-refractivity contribution in [1.82, 2.24) is 9.38 Å². The van der Waals surface area contributed by atoms with Gasteiger partial charge in [0, 0.05) is 22.2 Å². The quantitative estimate of drug-likeness (QED) is 0.783. The molecule has 0 fully saturated rings. The molecule has 92 valence electrons. The molecule has 2 heterocycles. The normalized spacial score (nSPS) is 11.0. The van der Waals surface area contributed by atoms with Gasteiger partial charge < -0.3 is 10.5 Å². The number of nitrogens with two attached hydrogens (primary N) is 1. The SMILES string of the molecule is COc1ccc(Cl)cc1-c1cn2c(N)csc2n1. The van der Waals surface area contributed by atoms with Crippen LogP contribution >= 0.6 is 22.9 Å². The second-order valence-electron chi connectivity index (χ2n) is 3.78. The van der Waals surface area contributed by atoms with Gasteiger partial charge in [-0.2, -0.15) is 0 Å². The standard InChI is InChI=1S/C12H10ClN3OS/c1-17-10-3-2-7(13)4-8(10)9-5-16-11(14)6-18-12(16)15-9/h2-6H,14H2,1H3. The maximum absolute atomic E-state index is 6.02. The Morgan fingerprint density at radius 2 is 2.28 bits per heavy atom. The molecule has 0 bridgehead atoms. The lowest BCUT2D eigenvalue weighted by Gasteiger charge is -2.06. The zero-order chi connectivity index (χ0) is 12.7. The molecule has 3 aromatic rings. The van der Waals surface area contributed by atoms with Crippen LogP contribution in [0.3, 0.4) is 0 Å². The summed E-state index contributed by atoms with van der Waals surface area (Å²) in [7, 11) is 1.62. The Bertz CT molecular complexity index is 719. The van der Waals surface area contributed by atoms with Crippen LogP contribution < -0.4 is 10.5 Å². The lowest BCUT2D eigenvalue weighted by molar-refractivity contribution is 0.416.